The predicted octanol–water partition coefficient (Wildman–Crippen LogP) is 24.3. The van der Waals surface area contributed by atoms with Gasteiger partial charge in [0.15, 0.2) is 6.10 Å². The van der Waals surface area contributed by atoms with Gasteiger partial charge >= 0.3 is 17.9 Å². The van der Waals surface area contributed by atoms with E-state index < -0.39 is 12.1 Å². The van der Waals surface area contributed by atoms with E-state index in [1.807, 2.05) is 6.08 Å². The second-order valence-electron chi connectivity index (χ2n) is 23.1. The monoisotopic (exact) mass is 1150 g/mol. The molecule has 6 heteroatoms. The molecule has 0 aromatic carbocycles. The summed E-state index contributed by atoms with van der Waals surface area (Å²) in [6, 6.07) is 0. The van der Waals surface area contributed by atoms with Gasteiger partial charge in [0, 0.05) is 12.8 Å². The molecule has 1 atom stereocenters. The number of hydrogen-bond acceptors (Lipinski definition) is 6. The third kappa shape index (κ3) is 68.5. The average molecular weight is 1150 g/mol. The summed E-state index contributed by atoms with van der Waals surface area (Å²) < 4.78 is 16.9. The van der Waals surface area contributed by atoms with Crippen LogP contribution in [0, 0.1) is 0 Å². The fraction of sp³-hybridized carbons (Fsp3) is 0.701. The van der Waals surface area contributed by atoms with Crippen LogP contribution < -0.4 is 0 Å². The van der Waals surface area contributed by atoms with Gasteiger partial charge in [-0.1, -0.05) is 341 Å². The molecule has 0 radical (unpaired) electrons. The number of unbranched alkanes of at least 4 members (excludes halogenated alkanes) is 33. The van der Waals surface area contributed by atoms with Crippen molar-refractivity contribution in [2.45, 2.75) is 335 Å². The van der Waals surface area contributed by atoms with E-state index in [2.05, 4.69) is 130 Å². The maximum Gasteiger partial charge on any atom is 0.309 e. The first-order chi connectivity index (χ1) is 41.0. The van der Waals surface area contributed by atoms with Gasteiger partial charge in [0.2, 0.25) is 0 Å². The van der Waals surface area contributed by atoms with Crippen LogP contribution in [0.15, 0.2) is 122 Å². The molecule has 0 spiro atoms. The van der Waals surface area contributed by atoms with Crippen LogP contribution in [0.3, 0.4) is 0 Å². The predicted molar refractivity (Wildman–Crippen MR) is 362 cm³/mol. The molecule has 0 aromatic heterocycles. The number of ether oxygens (including phenoxy) is 3. The number of carbonyl (C=O) groups is 3. The Kier molecular flexibility index (Phi) is 66.7. The summed E-state index contributed by atoms with van der Waals surface area (Å²) in [5, 5.41) is 0. The lowest BCUT2D eigenvalue weighted by Crippen LogP contribution is -2.30. The van der Waals surface area contributed by atoms with Crippen LogP contribution in [0.25, 0.3) is 0 Å². The minimum absolute atomic E-state index is 0.111. The smallest absolute Gasteiger partial charge is 0.309 e. The maximum absolute atomic E-state index is 13.0. The topological polar surface area (TPSA) is 78.9 Å². The van der Waals surface area contributed by atoms with E-state index in [0.717, 1.165) is 109 Å². The first-order valence-electron chi connectivity index (χ1n) is 35.0. The second-order valence-corrected chi connectivity index (χ2v) is 23.1. The molecule has 0 saturated carbocycles. The molecule has 6 nitrogen and oxygen atoms in total. The van der Waals surface area contributed by atoms with Gasteiger partial charge in [0.1, 0.15) is 13.2 Å². The molecule has 474 valence electrons. The Labute approximate surface area is 513 Å². The van der Waals surface area contributed by atoms with Gasteiger partial charge in [-0.2, -0.15) is 0 Å². The van der Waals surface area contributed by atoms with Crippen molar-refractivity contribution >= 4 is 17.9 Å². The number of esters is 3. The molecule has 0 aliphatic carbocycles. The first-order valence-corrected chi connectivity index (χ1v) is 35.0. The quantitative estimate of drug-likeness (QED) is 0.0261. The highest BCUT2D eigenvalue weighted by Crippen LogP contribution is 2.18. The summed E-state index contributed by atoms with van der Waals surface area (Å²) >= 11 is 0. The molecule has 0 N–H and O–H groups in total. The Hall–Kier alpha value is -4.19. The Morgan fingerprint density at radius 2 is 0.518 bits per heavy atom. The van der Waals surface area contributed by atoms with E-state index in [0.29, 0.717) is 12.8 Å². The van der Waals surface area contributed by atoms with Crippen LogP contribution in [0.2, 0.25) is 0 Å². The Morgan fingerprint density at radius 3 is 0.843 bits per heavy atom. The van der Waals surface area contributed by atoms with Crippen molar-refractivity contribution in [3.05, 3.63) is 122 Å². The van der Waals surface area contributed by atoms with Crippen molar-refractivity contribution in [3.63, 3.8) is 0 Å². The van der Waals surface area contributed by atoms with E-state index in [4.69, 9.17) is 14.2 Å². The highest BCUT2D eigenvalue weighted by Gasteiger charge is 2.19. The largest absolute Gasteiger partial charge is 0.462 e. The molecule has 0 bridgehead atoms. The second kappa shape index (κ2) is 70.3. The first kappa shape index (κ1) is 78.8. The molecule has 83 heavy (non-hydrogen) atoms. The van der Waals surface area contributed by atoms with Crippen LogP contribution in [0.4, 0.5) is 0 Å². The number of hydrogen-bond donors (Lipinski definition) is 0. The van der Waals surface area contributed by atoms with Crippen LogP contribution in [-0.4, -0.2) is 37.2 Å². The van der Waals surface area contributed by atoms with Crippen LogP contribution in [0.1, 0.15) is 329 Å². The highest BCUT2D eigenvalue weighted by atomic mass is 16.6. The lowest BCUT2D eigenvalue weighted by Gasteiger charge is -2.18. The molecule has 0 amide bonds. The maximum atomic E-state index is 13.0. The summed E-state index contributed by atoms with van der Waals surface area (Å²) in [7, 11) is 0. The van der Waals surface area contributed by atoms with Crippen molar-refractivity contribution in [2.75, 3.05) is 13.2 Å². The van der Waals surface area contributed by atoms with E-state index in [9.17, 15) is 14.4 Å². The summed E-state index contributed by atoms with van der Waals surface area (Å²) in [5.74, 6) is -1.04. The number of carbonyl (C=O) groups excluding carboxylic acids is 3. The fourth-order valence-electron chi connectivity index (χ4n) is 9.84. The van der Waals surface area contributed by atoms with Crippen molar-refractivity contribution < 1.29 is 28.6 Å². The van der Waals surface area contributed by atoms with Crippen molar-refractivity contribution in [3.8, 4) is 0 Å². The summed E-state index contributed by atoms with van der Waals surface area (Å²) in [4.78, 5) is 38.4. The van der Waals surface area contributed by atoms with Gasteiger partial charge in [0.05, 0.1) is 6.42 Å². The van der Waals surface area contributed by atoms with Gasteiger partial charge in [-0.15, -0.1) is 0 Å². The summed E-state index contributed by atoms with van der Waals surface area (Å²) in [6.45, 7) is 6.36. The molecule has 0 rings (SSSR count). The van der Waals surface area contributed by atoms with Gasteiger partial charge in [-0.3, -0.25) is 14.4 Å². The standard InChI is InChI=1S/C77H130O6/c1-4-7-10-13-16-19-22-25-28-30-32-34-36-38-40-42-44-46-49-52-55-58-61-64-67-70-76(79)82-73-74(72-81-75(78)69-66-63-60-57-54-51-48-27-24-21-18-15-12-9-6-3)83-77(80)71-68-65-62-59-56-53-50-47-45-43-41-39-37-35-33-31-29-26-23-20-17-14-11-8-5-2/h7,9-10,12,16,18-19,21,25,27-28,32,34,38,40,48,54,57,63,66,74H,4-6,8,11,13-15,17,20,22-24,26,29-31,33,35-37,39,41-47,49-53,55-56,58-62,64-65,67-73H2,1-3H3/b10-7-,12-9-,19-16-,21-18-,28-25-,34-32-,40-38-,48-27-,57-54-,66-63-. The number of rotatable bonds is 63. The molecular weight excluding hydrogens is 1020 g/mol. The van der Waals surface area contributed by atoms with Crippen molar-refractivity contribution in [2.24, 2.45) is 0 Å². The zero-order valence-electron chi connectivity index (χ0n) is 54.4. The van der Waals surface area contributed by atoms with E-state index >= 15 is 0 Å². The lowest BCUT2D eigenvalue weighted by molar-refractivity contribution is -0.166. The van der Waals surface area contributed by atoms with E-state index in [1.165, 1.54) is 180 Å². The van der Waals surface area contributed by atoms with Crippen LogP contribution >= 0.6 is 0 Å². The minimum Gasteiger partial charge on any atom is -0.462 e. The minimum atomic E-state index is -0.824. The Balaban J connectivity index is 4.38. The van der Waals surface area contributed by atoms with Gasteiger partial charge in [0.25, 0.3) is 0 Å². The summed E-state index contributed by atoms with van der Waals surface area (Å²) in [6.07, 6.45) is 98.3. The Morgan fingerprint density at radius 1 is 0.265 bits per heavy atom. The van der Waals surface area contributed by atoms with Gasteiger partial charge < -0.3 is 14.2 Å². The molecule has 0 aromatic rings. The number of allylic oxidation sites excluding steroid dienone is 19. The van der Waals surface area contributed by atoms with Crippen LogP contribution in [0.5, 0.6) is 0 Å². The third-order valence-electron chi connectivity index (χ3n) is 15.0. The third-order valence-corrected chi connectivity index (χ3v) is 15.0. The lowest BCUT2D eigenvalue weighted by atomic mass is 10.0. The summed E-state index contributed by atoms with van der Waals surface area (Å²) in [5.41, 5.74) is 0. The zero-order chi connectivity index (χ0) is 59.9. The van der Waals surface area contributed by atoms with E-state index in [-0.39, 0.29) is 31.6 Å². The molecule has 0 aliphatic heterocycles. The van der Waals surface area contributed by atoms with E-state index in [1.54, 1.807) is 6.08 Å². The zero-order valence-corrected chi connectivity index (χ0v) is 54.4. The molecular formula is C77H130O6. The molecule has 1 unspecified atom stereocenters. The molecule has 0 aliphatic rings. The van der Waals surface area contributed by atoms with Crippen molar-refractivity contribution in [1.29, 1.82) is 0 Å². The van der Waals surface area contributed by atoms with Gasteiger partial charge in [-0.05, 0) is 89.9 Å². The Bertz CT molecular complexity index is 1700. The molecule has 0 saturated heterocycles. The average Bonchev–Trinajstić information content (AvgIpc) is 3.49. The highest BCUT2D eigenvalue weighted by molar-refractivity contribution is 5.72. The molecule has 0 fully saturated rings. The van der Waals surface area contributed by atoms with Gasteiger partial charge in [-0.25, -0.2) is 0 Å². The van der Waals surface area contributed by atoms with Crippen molar-refractivity contribution in [1.82, 2.24) is 0 Å². The normalized spacial score (nSPS) is 12.9. The SMILES string of the molecule is CC/C=C\C/C=C\C/C=C\C/C=C\C/C=C\CCCCCCCCCCCC(=O)OCC(COC(=O)C/C=C\C/C=C\C/C=C\C/C=C\C/C=C\CC)OC(=O)CCCCCCCCCCCCCCCCCCCCCCCCCCC. The van der Waals surface area contributed by atoms with Crippen LogP contribution in [-0.2, 0) is 28.6 Å². The molecule has 0 heterocycles. The fourth-order valence-corrected chi connectivity index (χ4v) is 9.84.